The van der Waals surface area contributed by atoms with Gasteiger partial charge in [-0.25, -0.2) is 0 Å². The Morgan fingerprint density at radius 2 is 1.96 bits per heavy atom. The molecule has 0 aliphatic carbocycles. The highest BCUT2D eigenvalue weighted by atomic mass is 35.5. The molecule has 164 valence electrons. The molecule has 2 heterocycles. The number of carbonyl (C=O) groups is 1. The van der Waals surface area contributed by atoms with Gasteiger partial charge in [0, 0.05) is 0 Å². The van der Waals surface area contributed by atoms with E-state index in [9.17, 15) is 24.5 Å². The van der Waals surface area contributed by atoms with Crippen LogP contribution in [0.15, 0.2) is 0 Å². The van der Waals surface area contributed by atoms with Crippen molar-refractivity contribution in [1.29, 1.82) is 0 Å². The van der Waals surface area contributed by atoms with Crippen LogP contribution >= 0.6 is 35.0 Å². The first-order chi connectivity index (χ1) is 13.3. The number of hydrogen-bond acceptors (Lipinski definition) is 7. The molecular formula is C17H29Cl2FN2O5S. The van der Waals surface area contributed by atoms with Crippen molar-refractivity contribution >= 4 is 40.9 Å². The first-order valence-electron chi connectivity index (χ1n) is 9.40. The van der Waals surface area contributed by atoms with Crippen molar-refractivity contribution < 1.29 is 29.2 Å². The molecule has 2 saturated heterocycles. The third-order valence-electron chi connectivity index (χ3n) is 5.41. The zero-order valence-corrected chi connectivity index (χ0v) is 18.0. The Bertz CT molecular complexity index is 508. The van der Waals surface area contributed by atoms with Crippen molar-refractivity contribution in [2.75, 3.05) is 19.5 Å². The highest BCUT2D eigenvalue weighted by Crippen LogP contribution is 2.31. The molecule has 1 amide bonds. The summed E-state index contributed by atoms with van der Waals surface area (Å²) < 4.78 is 18.3. The molecule has 2 fully saturated rings. The van der Waals surface area contributed by atoms with Gasteiger partial charge >= 0.3 is 0 Å². The molecular weight excluding hydrogens is 434 g/mol. The van der Waals surface area contributed by atoms with Gasteiger partial charge in [-0.3, -0.25) is 9.18 Å². The van der Waals surface area contributed by atoms with Gasteiger partial charge in [0.1, 0.15) is 34.7 Å². The number of nitrogens with one attached hydrogen (secondary N) is 2. The lowest BCUT2D eigenvalue weighted by molar-refractivity contribution is -0.204. The van der Waals surface area contributed by atoms with E-state index >= 15 is 0 Å². The summed E-state index contributed by atoms with van der Waals surface area (Å²) in [6.45, 7) is 0.228. The van der Waals surface area contributed by atoms with E-state index in [0.717, 1.165) is 24.6 Å². The van der Waals surface area contributed by atoms with Gasteiger partial charge < -0.3 is 30.7 Å². The largest absolute Gasteiger partial charge is 0.388 e. The van der Waals surface area contributed by atoms with Crippen molar-refractivity contribution in [3.63, 3.8) is 0 Å². The van der Waals surface area contributed by atoms with Crippen LogP contribution in [0.25, 0.3) is 0 Å². The van der Waals surface area contributed by atoms with Crippen LogP contribution in [0.2, 0.25) is 0 Å². The molecule has 8 atom stereocenters. The maximum atomic E-state index is 12.8. The van der Waals surface area contributed by atoms with Crippen LogP contribution in [0.5, 0.6) is 0 Å². The Balaban J connectivity index is 2.04. The van der Waals surface area contributed by atoms with Gasteiger partial charge in [-0.1, -0.05) is 0 Å². The SMILES string of the molecule is CS[C@@H]1O[C@H]([C@H](NC(=O)[C@@H]2CC[C@H](CCF)CCN2)C(Cl)Cl)[C@H](O)[C@H](O)[C@@H]1O. The fourth-order valence-electron chi connectivity index (χ4n) is 3.70. The third kappa shape index (κ3) is 6.07. The minimum atomic E-state index is -1.47. The van der Waals surface area contributed by atoms with Crippen LogP contribution in [0.1, 0.15) is 25.7 Å². The van der Waals surface area contributed by atoms with E-state index in [1.165, 1.54) is 0 Å². The van der Waals surface area contributed by atoms with Crippen LogP contribution in [0, 0.1) is 5.92 Å². The van der Waals surface area contributed by atoms with Crippen molar-refractivity contribution in [2.24, 2.45) is 5.92 Å². The van der Waals surface area contributed by atoms with Gasteiger partial charge in [0.15, 0.2) is 0 Å². The predicted octanol–water partition coefficient (Wildman–Crippen LogP) is 0.563. The molecule has 0 radical (unpaired) electrons. The van der Waals surface area contributed by atoms with Gasteiger partial charge in [0.05, 0.1) is 18.8 Å². The molecule has 0 aromatic rings. The Labute approximate surface area is 178 Å². The van der Waals surface area contributed by atoms with E-state index in [0.29, 0.717) is 19.4 Å². The van der Waals surface area contributed by atoms with E-state index in [1.54, 1.807) is 6.26 Å². The second-order valence-corrected chi connectivity index (χ2v) is 9.36. The molecule has 0 aromatic carbocycles. The molecule has 0 aromatic heterocycles. The van der Waals surface area contributed by atoms with E-state index in [2.05, 4.69) is 10.6 Å². The topological polar surface area (TPSA) is 111 Å². The zero-order chi connectivity index (χ0) is 20.8. The Morgan fingerprint density at radius 3 is 2.57 bits per heavy atom. The monoisotopic (exact) mass is 462 g/mol. The number of halogens is 3. The lowest BCUT2D eigenvalue weighted by atomic mass is 9.94. The second kappa shape index (κ2) is 11.5. The quantitative estimate of drug-likeness (QED) is 0.351. The third-order valence-corrected chi connectivity index (χ3v) is 6.81. The first kappa shape index (κ1) is 24.4. The second-order valence-electron chi connectivity index (χ2n) is 7.26. The summed E-state index contributed by atoms with van der Waals surface area (Å²) >= 11 is 13.2. The van der Waals surface area contributed by atoms with Gasteiger partial charge in [-0.05, 0) is 44.4 Å². The number of rotatable bonds is 7. The van der Waals surface area contributed by atoms with Crippen molar-refractivity contribution in [2.45, 2.75) is 72.5 Å². The fraction of sp³-hybridized carbons (Fsp3) is 0.941. The Kier molecular flexibility index (Phi) is 10.0. The van der Waals surface area contributed by atoms with Crippen LogP contribution in [-0.4, -0.2) is 87.5 Å². The molecule has 2 rings (SSSR count). The number of aliphatic hydroxyl groups excluding tert-OH is 3. The standard InChI is InChI=1S/C17H29Cl2FN2O5S/c1-28-17-13(25)11(23)12(24)14(27-17)10(15(18)19)22-16(26)9-3-2-8(4-6-20)5-7-21-9/h8-15,17,21,23-25H,2-7H2,1H3,(H,22,26)/t8-,9+,10+,11+,12-,13+,14-,17+/m1/s1. The smallest absolute Gasteiger partial charge is 0.237 e. The summed E-state index contributed by atoms with van der Waals surface area (Å²) in [6.07, 6.45) is -1.06. The van der Waals surface area contributed by atoms with Gasteiger partial charge in [-0.2, -0.15) is 0 Å². The summed E-state index contributed by atoms with van der Waals surface area (Å²) in [6, 6.07) is -1.49. The maximum absolute atomic E-state index is 12.8. The summed E-state index contributed by atoms with van der Waals surface area (Å²) in [5.74, 6) is -0.114. The van der Waals surface area contributed by atoms with E-state index < -0.39 is 46.8 Å². The van der Waals surface area contributed by atoms with E-state index in [-0.39, 0.29) is 18.5 Å². The minimum Gasteiger partial charge on any atom is -0.388 e. The van der Waals surface area contributed by atoms with Crippen LogP contribution in [0.4, 0.5) is 4.39 Å². The number of hydrogen-bond donors (Lipinski definition) is 5. The van der Waals surface area contributed by atoms with Crippen LogP contribution in [-0.2, 0) is 9.53 Å². The van der Waals surface area contributed by atoms with Gasteiger partial charge in [0.25, 0.3) is 0 Å². The highest BCUT2D eigenvalue weighted by Gasteiger charge is 2.48. The molecule has 2 aliphatic heterocycles. The summed E-state index contributed by atoms with van der Waals surface area (Å²) in [5.41, 5.74) is -0.799. The molecule has 0 saturated carbocycles. The maximum Gasteiger partial charge on any atom is 0.237 e. The number of thioether (sulfide) groups is 1. The average Bonchev–Trinajstić information content (AvgIpc) is 2.91. The molecule has 0 bridgehead atoms. The lowest BCUT2D eigenvalue weighted by Gasteiger charge is -2.43. The lowest BCUT2D eigenvalue weighted by Crippen LogP contribution is -2.65. The van der Waals surface area contributed by atoms with Gasteiger partial charge in [0.2, 0.25) is 5.91 Å². The normalized spacial score (nSPS) is 38.1. The molecule has 28 heavy (non-hydrogen) atoms. The number of ether oxygens (including phenoxy) is 1. The summed E-state index contributed by atoms with van der Waals surface area (Å²) in [4.78, 5) is 11.6. The fourth-order valence-corrected chi connectivity index (χ4v) is 4.79. The number of aliphatic hydroxyl groups is 3. The Hall–Kier alpha value is 0.130. The number of alkyl halides is 3. The van der Waals surface area contributed by atoms with E-state index in [4.69, 9.17) is 27.9 Å². The molecule has 0 unspecified atom stereocenters. The predicted molar refractivity (Wildman–Crippen MR) is 107 cm³/mol. The average molecular weight is 463 g/mol. The van der Waals surface area contributed by atoms with Gasteiger partial charge in [-0.15, -0.1) is 35.0 Å². The zero-order valence-electron chi connectivity index (χ0n) is 15.6. The first-order valence-corrected chi connectivity index (χ1v) is 11.6. The Morgan fingerprint density at radius 1 is 1.25 bits per heavy atom. The van der Waals surface area contributed by atoms with Crippen LogP contribution in [0.3, 0.4) is 0 Å². The molecule has 11 heteroatoms. The molecule has 5 N–H and O–H groups in total. The number of amides is 1. The minimum absolute atomic E-state index is 0.238. The van der Waals surface area contributed by atoms with Crippen molar-refractivity contribution in [1.82, 2.24) is 10.6 Å². The number of carbonyl (C=O) groups excluding carboxylic acids is 1. The molecule has 2 aliphatic rings. The van der Waals surface area contributed by atoms with E-state index in [1.807, 2.05) is 0 Å². The van der Waals surface area contributed by atoms with Crippen molar-refractivity contribution in [3.05, 3.63) is 0 Å². The highest BCUT2D eigenvalue weighted by molar-refractivity contribution is 7.99. The van der Waals surface area contributed by atoms with Crippen LogP contribution < -0.4 is 10.6 Å². The molecule has 0 spiro atoms. The molecule has 7 nitrogen and oxygen atoms in total. The summed E-state index contributed by atoms with van der Waals surface area (Å²) in [5, 5.41) is 36.3. The van der Waals surface area contributed by atoms with Crippen molar-refractivity contribution in [3.8, 4) is 0 Å². The summed E-state index contributed by atoms with van der Waals surface area (Å²) in [7, 11) is 0.